The van der Waals surface area contributed by atoms with Gasteiger partial charge in [0.25, 0.3) is 0 Å². The van der Waals surface area contributed by atoms with E-state index in [-0.39, 0.29) is 5.56 Å². The molecule has 1 unspecified atom stereocenters. The molecule has 0 saturated carbocycles. The van der Waals surface area contributed by atoms with E-state index < -0.39 is 301 Å². The topological polar surface area (TPSA) is 3.24 Å². The van der Waals surface area contributed by atoms with Gasteiger partial charge in [-0.15, -0.1) is 0 Å². The fraction of sp³-hybridized carbons (Fsp3) is 0.161. The van der Waals surface area contributed by atoms with E-state index in [0.717, 1.165) is 55.5 Å². The summed E-state index contributed by atoms with van der Waals surface area (Å²) in [4.78, 5) is 0.717. The number of anilines is 3. The van der Waals surface area contributed by atoms with E-state index in [0.29, 0.717) is 11.0 Å². The van der Waals surface area contributed by atoms with Crippen molar-refractivity contribution in [3.63, 3.8) is 0 Å². The molecule has 0 aromatic heterocycles. The molecular formula is C62H51N. The molecule has 0 saturated heterocycles. The summed E-state index contributed by atoms with van der Waals surface area (Å²) in [5.74, 6) is 0. The molecule has 0 radical (unpaired) electrons. The number of rotatable bonds is 6. The van der Waals surface area contributed by atoms with Gasteiger partial charge in [0.15, 0.2) is 0 Å². The average Bonchev–Trinajstić information content (AvgIpc) is 1.51. The summed E-state index contributed by atoms with van der Waals surface area (Å²) in [5, 5.41) is -1.04. The Morgan fingerprint density at radius 2 is 1.06 bits per heavy atom. The molecule has 0 fully saturated rings. The van der Waals surface area contributed by atoms with Crippen molar-refractivity contribution in [2.45, 2.75) is 63.8 Å². The summed E-state index contributed by atoms with van der Waals surface area (Å²) in [5.41, 5.74) is -22.7. The highest BCUT2D eigenvalue weighted by molar-refractivity contribution is 6.05. The van der Waals surface area contributed by atoms with Gasteiger partial charge in [-0.2, -0.15) is 0 Å². The summed E-state index contributed by atoms with van der Waals surface area (Å²) < 4.78 is 357. The van der Waals surface area contributed by atoms with E-state index in [9.17, 15) is 15.1 Å². The van der Waals surface area contributed by atoms with Crippen LogP contribution in [0.15, 0.2) is 188 Å². The van der Waals surface area contributed by atoms with E-state index in [1.54, 1.807) is 0 Å². The molecule has 9 aromatic rings. The lowest BCUT2D eigenvalue weighted by Crippen LogP contribution is -2.18. The van der Waals surface area contributed by atoms with E-state index in [2.05, 4.69) is 0 Å². The van der Waals surface area contributed by atoms with Crippen molar-refractivity contribution in [2.24, 2.45) is 0 Å². The highest BCUT2D eigenvalue weighted by atomic mass is 15.1. The van der Waals surface area contributed by atoms with Crippen molar-refractivity contribution in [1.82, 2.24) is 0 Å². The number of hydrogen-bond donors (Lipinski definition) is 0. The number of hydrogen-bond acceptors (Lipinski definition) is 1. The number of fused-ring (bicyclic) bond motifs is 10. The first-order valence-corrected chi connectivity index (χ1v) is 19.4. The minimum atomic E-state index is -3.90. The van der Waals surface area contributed by atoms with Crippen molar-refractivity contribution in [2.75, 3.05) is 4.90 Å². The molecule has 3 aliphatic carbocycles. The highest BCUT2D eigenvalue weighted by Gasteiger charge is 2.39. The average molecular weight is 849 g/mol. The maximum absolute atomic E-state index is 10.1. The predicted octanol–water partition coefficient (Wildman–Crippen LogP) is 17.0. The van der Waals surface area contributed by atoms with Gasteiger partial charge in [0, 0.05) is 56.6 Å². The smallest absolute Gasteiger partial charge is 0.0645 e. The fourth-order valence-corrected chi connectivity index (χ4v) is 8.93. The number of nitrogens with zero attached hydrogens (tertiary/aromatic N) is 1. The van der Waals surface area contributed by atoms with Gasteiger partial charge in [0.05, 0.1) is 30.2 Å². The van der Waals surface area contributed by atoms with Crippen LogP contribution < -0.4 is 4.90 Å². The van der Waals surface area contributed by atoms with Crippen LogP contribution in [0.3, 0.4) is 0 Å². The molecule has 12 rings (SSSR count). The van der Waals surface area contributed by atoms with Gasteiger partial charge in [-0.3, -0.25) is 0 Å². The van der Waals surface area contributed by atoms with Crippen LogP contribution in [0, 0.1) is 0 Å². The first-order chi connectivity index (χ1) is 46.6. The lowest BCUT2D eigenvalue weighted by Gasteiger charge is -2.30. The second kappa shape index (κ2) is 13.5. The zero-order valence-corrected chi connectivity index (χ0v) is 32.6. The van der Waals surface area contributed by atoms with Gasteiger partial charge < -0.3 is 4.90 Å². The van der Waals surface area contributed by atoms with E-state index in [1.807, 2.05) is 0 Å². The quantitative estimate of drug-likeness (QED) is 0.161. The van der Waals surface area contributed by atoms with Gasteiger partial charge in [0.2, 0.25) is 0 Å². The Kier molecular flexibility index (Phi) is 3.24. The number of benzene rings is 9. The zero-order chi connectivity index (χ0) is 76.3. The summed E-state index contributed by atoms with van der Waals surface area (Å²) in [6.45, 7) is -18.0. The maximum atomic E-state index is 10.1. The molecule has 1 nitrogen and oxygen atoms in total. The molecular weight excluding hydrogens is 759 g/mol. The van der Waals surface area contributed by atoms with Gasteiger partial charge in [-0.05, 0) is 149 Å². The van der Waals surface area contributed by atoms with Crippen LogP contribution in [-0.4, -0.2) is 0 Å². The monoisotopic (exact) mass is 849 g/mol. The van der Waals surface area contributed by atoms with Crippen molar-refractivity contribution in [1.29, 1.82) is 0 Å². The van der Waals surface area contributed by atoms with Crippen LogP contribution in [0.25, 0.3) is 66.4 Å². The van der Waals surface area contributed by atoms with Gasteiger partial charge in [-0.25, -0.2) is 0 Å². The molecule has 1 atom stereocenters. The third kappa shape index (κ3) is 5.36. The minimum Gasteiger partial charge on any atom is -0.310 e. The second-order valence-electron chi connectivity index (χ2n) is 15.3. The Hall–Kier alpha value is -6.96. The third-order valence-corrected chi connectivity index (χ3v) is 12.0. The van der Waals surface area contributed by atoms with Crippen molar-refractivity contribution < 1.29 is 53.5 Å². The summed E-state index contributed by atoms with van der Waals surface area (Å²) in [6.07, 6.45) is -2.99. The molecule has 1 heteroatoms. The molecule has 304 valence electrons. The van der Waals surface area contributed by atoms with Crippen LogP contribution in [0.1, 0.15) is 134 Å². The van der Waals surface area contributed by atoms with Gasteiger partial charge in [-0.1, -0.05) is 186 Å². The van der Waals surface area contributed by atoms with Gasteiger partial charge in [0.1, 0.15) is 0 Å². The Balaban J connectivity index is 1.24. The molecule has 63 heavy (non-hydrogen) atoms. The Morgan fingerprint density at radius 1 is 0.429 bits per heavy atom. The van der Waals surface area contributed by atoms with Crippen LogP contribution in [-0.2, 0) is 16.2 Å². The first-order valence-electron chi connectivity index (χ1n) is 38.9. The summed E-state index contributed by atoms with van der Waals surface area (Å²) in [6, 6.07) is -12.6. The SMILES string of the molecule is [2H]c1cc(N(c2cc([2H])c3c(c2)C(C([2H])([2H])[2H])(C([2H])([2H])[2H])c2cc([2H])c([2H])c([2H])c2-3)c2cc3c(c([2H])c2[2H])-c2c([2H])c([2H])c([2H])c([2H])c2C3(C([2H])([2H])[2H])C([2H])([2H])[2H])c([2H])cc1-c1cc([2H])c2c([2H])c([2H])c([2H])c([2H])c2c1-c1cc([2H])c2c(c1)-c1c([2H])c([2H])c([2H])c([2H])c1C2(C([2H])([2H])[2H])C([2H])([2H])C. The Labute approximate surface area is 427 Å². The van der Waals surface area contributed by atoms with Crippen LogP contribution in [0.5, 0.6) is 0 Å². The maximum Gasteiger partial charge on any atom is 0.0645 e. The molecule has 0 aliphatic heterocycles. The normalized spacial score (nSPS) is 26.9. The lowest BCUT2D eigenvalue weighted by molar-refractivity contribution is 0.564. The molecule has 9 aromatic carbocycles. The highest BCUT2D eigenvalue weighted by Crippen LogP contribution is 2.55. The van der Waals surface area contributed by atoms with Crippen molar-refractivity contribution in [3.05, 3.63) is 221 Å². The van der Waals surface area contributed by atoms with Crippen LogP contribution in [0.2, 0.25) is 0 Å². The van der Waals surface area contributed by atoms with E-state index in [1.165, 1.54) is 0 Å². The largest absolute Gasteiger partial charge is 0.310 e. The third-order valence-electron chi connectivity index (χ3n) is 12.0. The Bertz CT molecular complexity index is 5250. The zero-order valence-electron chi connectivity index (χ0n) is 71.6. The van der Waals surface area contributed by atoms with Crippen LogP contribution >= 0.6 is 0 Å². The molecule has 0 amide bonds. The van der Waals surface area contributed by atoms with Crippen molar-refractivity contribution >= 4 is 27.8 Å². The minimum absolute atomic E-state index is 0.355. The summed E-state index contributed by atoms with van der Waals surface area (Å²) in [7, 11) is 0. The van der Waals surface area contributed by atoms with E-state index in [4.69, 9.17) is 38.4 Å². The second-order valence-corrected chi connectivity index (χ2v) is 15.3. The molecule has 3 aliphatic rings. The first kappa shape index (κ1) is 15.1. The lowest BCUT2D eigenvalue weighted by atomic mass is 9.77. The molecule has 0 bridgehead atoms. The molecule has 0 heterocycles. The fourth-order valence-electron chi connectivity index (χ4n) is 8.93. The Morgan fingerprint density at radius 3 is 1.87 bits per heavy atom. The van der Waals surface area contributed by atoms with Crippen LogP contribution in [0.4, 0.5) is 17.1 Å². The predicted molar refractivity (Wildman–Crippen MR) is 267 cm³/mol. The summed E-state index contributed by atoms with van der Waals surface area (Å²) >= 11 is 0. The van der Waals surface area contributed by atoms with Gasteiger partial charge >= 0.3 is 0 Å². The standard InChI is InChI=1S/C62H51N/c1-7-62(6)55-23-15-12-20-49(55)52-36-41(27-35-56(52)62)59-45-17-9-8-16-39(45)26-32-46(59)40-24-28-42(29-25-40)63(43-30-33-50-47-18-10-13-21-53(47)60(2,3)57(50)37-43)44-31-34-51-48-19-11-14-22-54(48)61(4,5)58(51)38-44/h8-38H,7H2,1-6H3/i2D3,3D3,4D3,5D3,6D3,7D2,8D,9D,10D,11D,12D,13D,14D,15D,16D,17D,18D,19D,20D,21D,23D,24D,26D,29D,30D,33D,34D,35D. The molecule has 0 N–H and O–H groups in total. The van der Waals surface area contributed by atoms with Crippen molar-refractivity contribution in [3.8, 4) is 55.6 Å². The van der Waals surface area contributed by atoms with E-state index >= 15 is 0 Å². The molecule has 0 spiro atoms.